The summed E-state index contributed by atoms with van der Waals surface area (Å²) >= 11 is 0. The van der Waals surface area contributed by atoms with E-state index in [1.807, 2.05) is 20.8 Å². The van der Waals surface area contributed by atoms with E-state index in [4.69, 9.17) is 5.84 Å². The standard InChI is InChI=1S/C6H15N3/c1-4-6(9-7)8-5(2)3/h5H,4,7H2,1-3H3,(H,8,9). The zero-order chi connectivity index (χ0) is 7.28. The van der Waals surface area contributed by atoms with Crippen molar-refractivity contribution in [1.29, 1.82) is 0 Å². The highest BCUT2D eigenvalue weighted by Gasteiger charge is 1.91. The molecular formula is C6H15N3. The van der Waals surface area contributed by atoms with Crippen molar-refractivity contribution in [1.82, 2.24) is 5.43 Å². The predicted molar refractivity (Wildman–Crippen MR) is 40.2 cm³/mol. The molecule has 0 spiro atoms. The Morgan fingerprint density at radius 2 is 2.22 bits per heavy atom. The van der Waals surface area contributed by atoms with E-state index in [1.54, 1.807) is 0 Å². The molecule has 0 saturated carbocycles. The van der Waals surface area contributed by atoms with Gasteiger partial charge < -0.3 is 5.43 Å². The Hall–Kier alpha value is -0.570. The van der Waals surface area contributed by atoms with Gasteiger partial charge in [0.1, 0.15) is 5.84 Å². The normalized spacial score (nSPS) is 12.3. The van der Waals surface area contributed by atoms with Crippen molar-refractivity contribution in [2.45, 2.75) is 33.2 Å². The quantitative estimate of drug-likeness (QED) is 0.249. The molecule has 54 valence electrons. The highest BCUT2D eigenvalue weighted by Crippen LogP contribution is 1.88. The molecule has 0 amide bonds. The van der Waals surface area contributed by atoms with Crippen LogP contribution >= 0.6 is 0 Å². The van der Waals surface area contributed by atoms with Crippen LogP contribution in [0.15, 0.2) is 4.99 Å². The van der Waals surface area contributed by atoms with Crippen LogP contribution in [-0.4, -0.2) is 11.9 Å². The van der Waals surface area contributed by atoms with Gasteiger partial charge in [-0.15, -0.1) is 0 Å². The first-order valence-electron chi connectivity index (χ1n) is 3.24. The lowest BCUT2D eigenvalue weighted by Crippen LogP contribution is -2.30. The van der Waals surface area contributed by atoms with Gasteiger partial charge in [0.2, 0.25) is 0 Å². The fourth-order valence-corrected chi connectivity index (χ4v) is 0.542. The van der Waals surface area contributed by atoms with Gasteiger partial charge in [0.25, 0.3) is 0 Å². The topological polar surface area (TPSA) is 50.4 Å². The van der Waals surface area contributed by atoms with E-state index >= 15 is 0 Å². The SMILES string of the molecule is CCC(=NC(C)C)NN. The summed E-state index contributed by atoms with van der Waals surface area (Å²) in [7, 11) is 0. The minimum atomic E-state index is 0.330. The number of hydrazine groups is 1. The Balaban J connectivity index is 3.75. The van der Waals surface area contributed by atoms with Crippen LogP contribution < -0.4 is 11.3 Å². The van der Waals surface area contributed by atoms with E-state index in [-0.39, 0.29) is 0 Å². The fraction of sp³-hybridized carbons (Fsp3) is 0.833. The van der Waals surface area contributed by atoms with Gasteiger partial charge >= 0.3 is 0 Å². The Kier molecular flexibility index (Phi) is 4.05. The van der Waals surface area contributed by atoms with E-state index in [1.165, 1.54) is 0 Å². The first kappa shape index (κ1) is 8.43. The summed E-state index contributed by atoms with van der Waals surface area (Å²) < 4.78 is 0. The maximum Gasteiger partial charge on any atom is 0.110 e. The third kappa shape index (κ3) is 3.97. The van der Waals surface area contributed by atoms with Crippen molar-refractivity contribution >= 4 is 5.84 Å². The third-order valence-electron chi connectivity index (χ3n) is 0.916. The van der Waals surface area contributed by atoms with E-state index in [0.29, 0.717) is 6.04 Å². The molecule has 0 rings (SSSR count). The van der Waals surface area contributed by atoms with Crippen LogP contribution in [0.3, 0.4) is 0 Å². The van der Waals surface area contributed by atoms with Crippen LogP contribution in [-0.2, 0) is 0 Å². The van der Waals surface area contributed by atoms with Crippen LogP contribution in [0.4, 0.5) is 0 Å². The summed E-state index contributed by atoms with van der Waals surface area (Å²) in [6.07, 6.45) is 0.870. The van der Waals surface area contributed by atoms with Crippen molar-refractivity contribution in [3.05, 3.63) is 0 Å². The van der Waals surface area contributed by atoms with Crippen molar-refractivity contribution in [2.24, 2.45) is 10.8 Å². The number of amidine groups is 1. The molecule has 9 heavy (non-hydrogen) atoms. The first-order valence-corrected chi connectivity index (χ1v) is 3.24. The third-order valence-corrected chi connectivity index (χ3v) is 0.916. The molecule has 0 aromatic heterocycles. The number of rotatable bonds is 2. The lowest BCUT2D eigenvalue weighted by Gasteiger charge is -2.03. The summed E-state index contributed by atoms with van der Waals surface area (Å²) in [5.41, 5.74) is 2.53. The van der Waals surface area contributed by atoms with E-state index in [9.17, 15) is 0 Å². The molecule has 3 nitrogen and oxygen atoms in total. The minimum Gasteiger partial charge on any atom is -0.312 e. The molecule has 0 heterocycles. The van der Waals surface area contributed by atoms with Crippen LogP contribution in [0.2, 0.25) is 0 Å². The second-order valence-electron chi connectivity index (χ2n) is 2.17. The Morgan fingerprint density at radius 3 is 2.33 bits per heavy atom. The zero-order valence-electron chi connectivity index (χ0n) is 6.31. The van der Waals surface area contributed by atoms with Gasteiger partial charge in [0, 0.05) is 12.5 Å². The summed E-state index contributed by atoms with van der Waals surface area (Å²) in [6, 6.07) is 0.330. The molecule has 0 aromatic rings. The van der Waals surface area contributed by atoms with Crippen molar-refractivity contribution < 1.29 is 0 Å². The van der Waals surface area contributed by atoms with Gasteiger partial charge in [-0.25, -0.2) is 5.84 Å². The fourth-order valence-electron chi connectivity index (χ4n) is 0.542. The number of nitrogens with one attached hydrogen (secondary N) is 1. The van der Waals surface area contributed by atoms with Crippen LogP contribution in [0.25, 0.3) is 0 Å². The average molecular weight is 129 g/mol. The highest BCUT2D eigenvalue weighted by atomic mass is 15.2. The highest BCUT2D eigenvalue weighted by molar-refractivity contribution is 5.81. The summed E-state index contributed by atoms with van der Waals surface area (Å²) in [5.74, 6) is 6.02. The molecule has 0 aliphatic heterocycles. The maximum atomic E-state index is 5.15. The molecule has 0 radical (unpaired) electrons. The molecule has 0 fully saturated rings. The second kappa shape index (κ2) is 4.32. The van der Waals surface area contributed by atoms with Gasteiger partial charge in [0.05, 0.1) is 0 Å². The van der Waals surface area contributed by atoms with Crippen LogP contribution in [0.1, 0.15) is 27.2 Å². The lowest BCUT2D eigenvalue weighted by atomic mass is 10.4. The molecule has 0 aromatic carbocycles. The van der Waals surface area contributed by atoms with Crippen LogP contribution in [0.5, 0.6) is 0 Å². The molecule has 3 N–H and O–H groups in total. The van der Waals surface area contributed by atoms with Crippen molar-refractivity contribution in [3.63, 3.8) is 0 Å². The molecule has 0 aliphatic rings. The predicted octanol–water partition coefficient (Wildman–Crippen LogP) is 0.667. The Bertz CT molecular complexity index is 90.5. The number of nitrogens with two attached hydrogens (primary N) is 1. The molecule has 0 saturated heterocycles. The monoisotopic (exact) mass is 129 g/mol. The molecular weight excluding hydrogens is 114 g/mol. The number of hydrogen-bond donors (Lipinski definition) is 2. The van der Waals surface area contributed by atoms with E-state index in [2.05, 4.69) is 10.4 Å². The van der Waals surface area contributed by atoms with Gasteiger partial charge in [-0.3, -0.25) is 4.99 Å². The lowest BCUT2D eigenvalue weighted by molar-refractivity contribution is 0.809. The van der Waals surface area contributed by atoms with Crippen molar-refractivity contribution in [2.75, 3.05) is 0 Å². The van der Waals surface area contributed by atoms with E-state index < -0.39 is 0 Å². The maximum absolute atomic E-state index is 5.15. The van der Waals surface area contributed by atoms with Crippen molar-refractivity contribution in [3.8, 4) is 0 Å². The summed E-state index contributed by atoms with van der Waals surface area (Å²) in [6.45, 7) is 6.06. The van der Waals surface area contributed by atoms with Crippen LogP contribution in [0, 0.1) is 0 Å². The summed E-state index contributed by atoms with van der Waals surface area (Å²) in [4.78, 5) is 4.19. The Morgan fingerprint density at radius 1 is 1.67 bits per heavy atom. The minimum absolute atomic E-state index is 0.330. The first-order chi connectivity index (χ1) is 4.20. The zero-order valence-corrected chi connectivity index (χ0v) is 6.31. The van der Waals surface area contributed by atoms with Gasteiger partial charge in [0.15, 0.2) is 0 Å². The number of nitrogens with zero attached hydrogens (tertiary/aromatic N) is 1. The molecule has 0 bridgehead atoms. The van der Waals surface area contributed by atoms with Gasteiger partial charge in [-0.05, 0) is 13.8 Å². The largest absolute Gasteiger partial charge is 0.312 e. The Labute approximate surface area is 56.3 Å². The van der Waals surface area contributed by atoms with Gasteiger partial charge in [-0.2, -0.15) is 0 Å². The molecule has 0 atom stereocenters. The summed E-state index contributed by atoms with van der Waals surface area (Å²) in [5, 5.41) is 0. The molecule has 0 aliphatic carbocycles. The molecule has 3 heteroatoms. The number of hydrogen-bond acceptors (Lipinski definition) is 2. The van der Waals surface area contributed by atoms with Gasteiger partial charge in [-0.1, -0.05) is 6.92 Å². The second-order valence-corrected chi connectivity index (χ2v) is 2.17. The average Bonchev–Trinajstić information content (AvgIpc) is 1.82. The van der Waals surface area contributed by atoms with E-state index in [0.717, 1.165) is 12.3 Å². The smallest absolute Gasteiger partial charge is 0.110 e. The number of aliphatic imine (C=N–C) groups is 1. The molecule has 0 unspecified atom stereocenters.